The third-order valence-electron chi connectivity index (χ3n) is 4.49. The van der Waals surface area contributed by atoms with E-state index in [0.29, 0.717) is 5.82 Å². The van der Waals surface area contributed by atoms with Crippen molar-refractivity contribution in [1.29, 1.82) is 0 Å². The van der Waals surface area contributed by atoms with Gasteiger partial charge in [0.05, 0.1) is 12.8 Å². The number of aromatic nitrogens is 2. The third-order valence-corrected chi connectivity index (χ3v) is 4.49. The summed E-state index contributed by atoms with van der Waals surface area (Å²) < 4.78 is 6.90. The van der Waals surface area contributed by atoms with Gasteiger partial charge in [0.15, 0.2) is 0 Å². The number of methoxy groups -OCH3 is 1. The molecule has 2 aromatic carbocycles. The normalized spacial score (nSPS) is 11.9. The maximum Gasteiger partial charge on any atom is 0.227 e. The molecule has 0 bridgehead atoms. The molecule has 1 unspecified atom stereocenters. The number of nitrogens with two attached hydrogens (primary N) is 1. The summed E-state index contributed by atoms with van der Waals surface area (Å²) in [5, 5.41) is 7.44. The molecule has 0 radical (unpaired) electrons. The molecule has 6 nitrogen and oxygen atoms in total. The van der Waals surface area contributed by atoms with E-state index in [2.05, 4.69) is 10.4 Å². The molecule has 1 aromatic heterocycles. The van der Waals surface area contributed by atoms with Crippen molar-refractivity contribution in [3.8, 4) is 16.9 Å². The van der Waals surface area contributed by atoms with Crippen molar-refractivity contribution in [3.05, 3.63) is 65.9 Å². The van der Waals surface area contributed by atoms with Gasteiger partial charge in [-0.1, -0.05) is 42.5 Å². The predicted molar refractivity (Wildman–Crippen MR) is 107 cm³/mol. The number of amides is 1. The first-order valence-corrected chi connectivity index (χ1v) is 8.78. The number of nitrogens with zero attached hydrogens (tertiary/aromatic N) is 2. The lowest BCUT2D eigenvalue weighted by molar-refractivity contribution is -0.116. The van der Waals surface area contributed by atoms with Gasteiger partial charge < -0.3 is 15.8 Å². The van der Waals surface area contributed by atoms with Crippen molar-refractivity contribution in [1.82, 2.24) is 9.78 Å². The average molecular weight is 364 g/mol. The van der Waals surface area contributed by atoms with Gasteiger partial charge in [0.1, 0.15) is 11.6 Å². The quantitative estimate of drug-likeness (QED) is 0.702. The van der Waals surface area contributed by atoms with Gasteiger partial charge in [-0.3, -0.25) is 9.48 Å². The summed E-state index contributed by atoms with van der Waals surface area (Å²) in [5.74, 6) is 1.28. The molecule has 0 aliphatic rings. The minimum absolute atomic E-state index is 0.149. The Hall–Kier alpha value is -3.12. The van der Waals surface area contributed by atoms with Crippen molar-refractivity contribution in [2.24, 2.45) is 12.8 Å². The largest absolute Gasteiger partial charge is 0.497 e. The fourth-order valence-electron chi connectivity index (χ4n) is 3.11. The standard InChI is InChI=1S/C21H24N4O2/c1-14-20(16-9-11-17(27-3)12-10-16)21(25(2)24-14)23-19(26)13-18(22)15-7-5-4-6-8-15/h4-12,18H,13,22H2,1-3H3,(H,23,26). The SMILES string of the molecule is COc1ccc(-c2c(C)nn(C)c2NC(=O)CC(N)c2ccccc2)cc1. The van der Waals surface area contributed by atoms with E-state index < -0.39 is 0 Å². The molecule has 140 valence electrons. The predicted octanol–water partition coefficient (Wildman–Crippen LogP) is 3.43. The fraction of sp³-hybridized carbons (Fsp3) is 0.238. The van der Waals surface area contributed by atoms with E-state index >= 15 is 0 Å². The Kier molecular flexibility index (Phi) is 5.57. The highest BCUT2D eigenvalue weighted by atomic mass is 16.5. The van der Waals surface area contributed by atoms with E-state index in [0.717, 1.165) is 28.1 Å². The molecule has 0 aliphatic heterocycles. The van der Waals surface area contributed by atoms with Crippen LogP contribution in [0.4, 0.5) is 5.82 Å². The number of benzene rings is 2. The zero-order chi connectivity index (χ0) is 19.4. The first kappa shape index (κ1) is 18.7. The molecule has 0 aliphatic carbocycles. The number of carbonyl (C=O) groups excluding carboxylic acids is 1. The second kappa shape index (κ2) is 8.05. The molecular formula is C21H24N4O2. The zero-order valence-electron chi connectivity index (χ0n) is 15.8. The smallest absolute Gasteiger partial charge is 0.227 e. The van der Waals surface area contributed by atoms with Gasteiger partial charge in [-0.15, -0.1) is 0 Å². The van der Waals surface area contributed by atoms with Crippen LogP contribution >= 0.6 is 0 Å². The van der Waals surface area contributed by atoms with Crippen molar-refractivity contribution in [2.45, 2.75) is 19.4 Å². The van der Waals surface area contributed by atoms with Crippen LogP contribution in [0.5, 0.6) is 5.75 Å². The molecule has 3 rings (SSSR count). The van der Waals surface area contributed by atoms with Crippen LogP contribution in [-0.4, -0.2) is 22.8 Å². The molecule has 3 N–H and O–H groups in total. The number of aryl methyl sites for hydroxylation is 2. The molecule has 0 saturated heterocycles. The lowest BCUT2D eigenvalue weighted by Gasteiger charge is -2.13. The Labute approximate surface area is 159 Å². The van der Waals surface area contributed by atoms with Crippen LogP contribution in [0.15, 0.2) is 54.6 Å². The average Bonchev–Trinajstić information content (AvgIpc) is 2.95. The highest BCUT2D eigenvalue weighted by Crippen LogP contribution is 2.32. The van der Waals surface area contributed by atoms with Gasteiger partial charge in [0, 0.05) is 25.1 Å². The number of hydrogen-bond donors (Lipinski definition) is 2. The number of nitrogens with one attached hydrogen (secondary N) is 1. The Balaban J connectivity index is 1.81. The van der Waals surface area contributed by atoms with E-state index in [-0.39, 0.29) is 18.4 Å². The topological polar surface area (TPSA) is 82.2 Å². The summed E-state index contributed by atoms with van der Waals surface area (Å²) in [4.78, 5) is 12.6. The molecule has 6 heteroatoms. The first-order valence-electron chi connectivity index (χ1n) is 8.78. The highest BCUT2D eigenvalue weighted by molar-refractivity contribution is 5.95. The Morgan fingerprint density at radius 3 is 2.48 bits per heavy atom. The summed E-state index contributed by atoms with van der Waals surface area (Å²) >= 11 is 0. The highest BCUT2D eigenvalue weighted by Gasteiger charge is 2.19. The third kappa shape index (κ3) is 4.17. The van der Waals surface area contributed by atoms with Crippen LogP contribution < -0.4 is 15.8 Å². The van der Waals surface area contributed by atoms with Gasteiger partial charge in [-0.05, 0) is 30.2 Å². The molecule has 27 heavy (non-hydrogen) atoms. The molecule has 0 spiro atoms. The van der Waals surface area contributed by atoms with Crippen LogP contribution in [0.3, 0.4) is 0 Å². The maximum absolute atomic E-state index is 12.6. The Bertz CT molecular complexity index is 917. The van der Waals surface area contributed by atoms with Crippen molar-refractivity contribution in [3.63, 3.8) is 0 Å². The van der Waals surface area contributed by atoms with Crippen molar-refractivity contribution >= 4 is 11.7 Å². The van der Waals surface area contributed by atoms with E-state index in [1.807, 2.05) is 68.6 Å². The van der Waals surface area contributed by atoms with Crippen LogP contribution in [-0.2, 0) is 11.8 Å². The molecular weight excluding hydrogens is 340 g/mol. The molecule has 3 aromatic rings. The fourth-order valence-corrected chi connectivity index (χ4v) is 3.11. The number of hydrogen-bond acceptors (Lipinski definition) is 4. The number of anilines is 1. The number of ether oxygens (including phenoxy) is 1. The number of carbonyl (C=O) groups is 1. The zero-order valence-corrected chi connectivity index (χ0v) is 15.8. The Morgan fingerprint density at radius 1 is 1.19 bits per heavy atom. The van der Waals surface area contributed by atoms with E-state index in [1.165, 1.54) is 0 Å². The minimum Gasteiger partial charge on any atom is -0.497 e. The van der Waals surface area contributed by atoms with Gasteiger partial charge in [0.2, 0.25) is 5.91 Å². The van der Waals surface area contributed by atoms with Crippen LogP contribution in [0.2, 0.25) is 0 Å². The van der Waals surface area contributed by atoms with Gasteiger partial charge in [-0.25, -0.2) is 0 Å². The van der Waals surface area contributed by atoms with Crippen LogP contribution in [0, 0.1) is 6.92 Å². The molecule has 0 fully saturated rings. The maximum atomic E-state index is 12.6. The van der Waals surface area contributed by atoms with Crippen LogP contribution in [0.1, 0.15) is 23.7 Å². The van der Waals surface area contributed by atoms with E-state index in [1.54, 1.807) is 11.8 Å². The van der Waals surface area contributed by atoms with E-state index in [9.17, 15) is 4.79 Å². The Morgan fingerprint density at radius 2 is 1.85 bits per heavy atom. The molecule has 0 saturated carbocycles. The molecule has 1 heterocycles. The summed E-state index contributed by atoms with van der Waals surface area (Å²) in [5.41, 5.74) is 9.80. The summed E-state index contributed by atoms with van der Waals surface area (Å²) in [6.07, 6.45) is 0.191. The van der Waals surface area contributed by atoms with Gasteiger partial charge in [0.25, 0.3) is 0 Å². The minimum atomic E-state index is -0.357. The lowest BCUT2D eigenvalue weighted by Crippen LogP contribution is -2.22. The second-order valence-corrected chi connectivity index (χ2v) is 6.43. The summed E-state index contributed by atoms with van der Waals surface area (Å²) in [6.45, 7) is 1.92. The molecule has 1 amide bonds. The first-order chi connectivity index (χ1) is 13.0. The second-order valence-electron chi connectivity index (χ2n) is 6.43. The van der Waals surface area contributed by atoms with E-state index in [4.69, 9.17) is 10.5 Å². The lowest BCUT2D eigenvalue weighted by atomic mass is 10.0. The van der Waals surface area contributed by atoms with Crippen molar-refractivity contribution in [2.75, 3.05) is 12.4 Å². The molecule has 1 atom stereocenters. The summed E-state index contributed by atoms with van der Waals surface area (Å²) in [6, 6.07) is 16.9. The van der Waals surface area contributed by atoms with Crippen molar-refractivity contribution < 1.29 is 9.53 Å². The van der Waals surface area contributed by atoms with Crippen LogP contribution in [0.25, 0.3) is 11.1 Å². The number of rotatable bonds is 6. The monoisotopic (exact) mass is 364 g/mol. The van der Waals surface area contributed by atoms with Gasteiger partial charge >= 0.3 is 0 Å². The van der Waals surface area contributed by atoms with Gasteiger partial charge in [-0.2, -0.15) is 5.10 Å². The summed E-state index contributed by atoms with van der Waals surface area (Å²) in [7, 11) is 3.44.